The van der Waals surface area contributed by atoms with Crippen LogP contribution in [0.5, 0.6) is 0 Å². The standard InChI is InChI=1S/C10H13N3O2/c14-10(15)13-5-4-12-9(7-13)8-2-1-3-11-6-8/h1-3,6,9,12H,4-5,7H2,(H,14,15). The van der Waals surface area contributed by atoms with Gasteiger partial charge in [-0.2, -0.15) is 0 Å². The Labute approximate surface area is 87.7 Å². The first kappa shape index (κ1) is 9.92. The zero-order valence-electron chi connectivity index (χ0n) is 8.26. The summed E-state index contributed by atoms with van der Waals surface area (Å²) in [4.78, 5) is 16.3. The Hall–Kier alpha value is -1.62. The zero-order valence-corrected chi connectivity index (χ0v) is 8.26. The highest BCUT2D eigenvalue weighted by Crippen LogP contribution is 2.15. The Bertz CT molecular complexity index is 342. The van der Waals surface area contributed by atoms with Crippen LogP contribution in [0.4, 0.5) is 4.79 Å². The van der Waals surface area contributed by atoms with Crippen LogP contribution in [-0.2, 0) is 0 Å². The van der Waals surface area contributed by atoms with Gasteiger partial charge in [0.25, 0.3) is 0 Å². The Morgan fingerprint density at radius 1 is 1.67 bits per heavy atom. The fraction of sp³-hybridized carbons (Fsp3) is 0.400. The molecule has 2 N–H and O–H groups in total. The molecule has 0 saturated carbocycles. The number of hydrogen-bond donors (Lipinski definition) is 2. The Kier molecular flexibility index (Phi) is 2.82. The molecule has 2 heterocycles. The van der Waals surface area contributed by atoms with Gasteiger partial charge in [0.2, 0.25) is 0 Å². The van der Waals surface area contributed by atoms with E-state index < -0.39 is 6.09 Å². The van der Waals surface area contributed by atoms with Crippen molar-refractivity contribution in [3.05, 3.63) is 30.1 Å². The van der Waals surface area contributed by atoms with Crippen molar-refractivity contribution < 1.29 is 9.90 Å². The van der Waals surface area contributed by atoms with E-state index in [0.29, 0.717) is 19.6 Å². The zero-order chi connectivity index (χ0) is 10.7. The highest BCUT2D eigenvalue weighted by atomic mass is 16.4. The lowest BCUT2D eigenvalue weighted by Gasteiger charge is -2.31. The maximum Gasteiger partial charge on any atom is 0.407 e. The predicted molar refractivity (Wildman–Crippen MR) is 54.6 cm³/mol. The second-order valence-electron chi connectivity index (χ2n) is 3.52. The quantitative estimate of drug-likeness (QED) is 0.711. The van der Waals surface area contributed by atoms with Crippen LogP contribution in [-0.4, -0.2) is 40.7 Å². The summed E-state index contributed by atoms with van der Waals surface area (Å²) < 4.78 is 0. The van der Waals surface area contributed by atoms with Gasteiger partial charge in [0, 0.05) is 32.0 Å². The number of piperazine rings is 1. The fourth-order valence-electron chi connectivity index (χ4n) is 1.73. The largest absolute Gasteiger partial charge is 0.465 e. The number of nitrogens with zero attached hydrogens (tertiary/aromatic N) is 2. The number of carbonyl (C=O) groups is 1. The Balaban J connectivity index is 2.08. The van der Waals surface area contributed by atoms with Crippen molar-refractivity contribution in [2.45, 2.75) is 6.04 Å². The van der Waals surface area contributed by atoms with Gasteiger partial charge >= 0.3 is 6.09 Å². The molecular weight excluding hydrogens is 194 g/mol. The summed E-state index contributed by atoms with van der Waals surface area (Å²) in [5.41, 5.74) is 1.03. The third kappa shape index (κ3) is 2.24. The molecule has 1 atom stereocenters. The van der Waals surface area contributed by atoms with E-state index in [2.05, 4.69) is 10.3 Å². The molecule has 1 aromatic heterocycles. The lowest BCUT2D eigenvalue weighted by Crippen LogP contribution is -2.47. The second kappa shape index (κ2) is 4.27. The summed E-state index contributed by atoms with van der Waals surface area (Å²) in [6, 6.07) is 3.87. The molecule has 15 heavy (non-hydrogen) atoms. The van der Waals surface area contributed by atoms with Gasteiger partial charge < -0.3 is 15.3 Å². The number of aromatic nitrogens is 1. The Morgan fingerprint density at radius 3 is 3.20 bits per heavy atom. The number of carboxylic acid groups (broad SMARTS) is 1. The molecule has 5 nitrogen and oxygen atoms in total. The number of rotatable bonds is 1. The SMILES string of the molecule is O=C(O)N1CCNC(c2cccnc2)C1. The van der Waals surface area contributed by atoms with E-state index in [9.17, 15) is 4.79 Å². The molecule has 1 aliphatic heterocycles. The van der Waals surface area contributed by atoms with Gasteiger partial charge in [0.1, 0.15) is 0 Å². The first-order chi connectivity index (χ1) is 7.27. The van der Waals surface area contributed by atoms with Crippen molar-refractivity contribution in [3.63, 3.8) is 0 Å². The van der Waals surface area contributed by atoms with Crippen LogP contribution in [0.1, 0.15) is 11.6 Å². The third-order valence-electron chi connectivity index (χ3n) is 2.53. The first-order valence-corrected chi connectivity index (χ1v) is 4.88. The average molecular weight is 207 g/mol. The minimum absolute atomic E-state index is 0.0588. The van der Waals surface area contributed by atoms with Crippen molar-refractivity contribution in [1.29, 1.82) is 0 Å². The molecule has 5 heteroatoms. The fourth-order valence-corrected chi connectivity index (χ4v) is 1.73. The highest BCUT2D eigenvalue weighted by molar-refractivity contribution is 5.65. The molecule has 1 unspecified atom stereocenters. The lowest BCUT2D eigenvalue weighted by atomic mass is 10.1. The van der Waals surface area contributed by atoms with Crippen molar-refractivity contribution in [2.75, 3.05) is 19.6 Å². The van der Waals surface area contributed by atoms with Gasteiger partial charge in [-0.25, -0.2) is 4.79 Å². The Morgan fingerprint density at radius 2 is 2.53 bits per heavy atom. The van der Waals surface area contributed by atoms with Gasteiger partial charge in [-0.15, -0.1) is 0 Å². The van der Waals surface area contributed by atoms with Gasteiger partial charge in [0.05, 0.1) is 6.04 Å². The molecule has 0 aliphatic carbocycles. The summed E-state index contributed by atoms with van der Waals surface area (Å²) in [6.07, 6.45) is 2.62. The van der Waals surface area contributed by atoms with E-state index in [0.717, 1.165) is 5.56 Å². The second-order valence-corrected chi connectivity index (χ2v) is 3.52. The number of hydrogen-bond acceptors (Lipinski definition) is 3. The predicted octanol–water partition coefficient (Wildman–Crippen LogP) is 0.706. The first-order valence-electron chi connectivity index (χ1n) is 4.88. The average Bonchev–Trinajstić information content (AvgIpc) is 2.30. The number of nitrogens with one attached hydrogen (secondary N) is 1. The minimum Gasteiger partial charge on any atom is -0.465 e. The van der Waals surface area contributed by atoms with Gasteiger partial charge in [-0.05, 0) is 11.6 Å². The van der Waals surface area contributed by atoms with Crippen molar-refractivity contribution in [3.8, 4) is 0 Å². The number of amides is 1. The van der Waals surface area contributed by atoms with Crippen LogP contribution >= 0.6 is 0 Å². The maximum atomic E-state index is 10.8. The topological polar surface area (TPSA) is 65.5 Å². The molecule has 1 saturated heterocycles. The molecule has 0 aromatic carbocycles. The molecule has 1 amide bonds. The van der Waals surface area contributed by atoms with E-state index in [-0.39, 0.29) is 6.04 Å². The highest BCUT2D eigenvalue weighted by Gasteiger charge is 2.23. The van der Waals surface area contributed by atoms with Crippen molar-refractivity contribution in [1.82, 2.24) is 15.2 Å². The van der Waals surface area contributed by atoms with E-state index >= 15 is 0 Å². The molecular formula is C10H13N3O2. The van der Waals surface area contributed by atoms with Gasteiger partial charge in [-0.1, -0.05) is 6.07 Å². The van der Waals surface area contributed by atoms with E-state index in [1.807, 2.05) is 12.1 Å². The van der Waals surface area contributed by atoms with Crippen LogP contribution < -0.4 is 5.32 Å². The van der Waals surface area contributed by atoms with Crippen LogP contribution in [0.3, 0.4) is 0 Å². The molecule has 1 fully saturated rings. The molecule has 2 rings (SSSR count). The van der Waals surface area contributed by atoms with Crippen LogP contribution in [0.25, 0.3) is 0 Å². The molecule has 1 aliphatic rings. The summed E-state index contributed by atoms with van der Waals surface area (Å²) in [6.45, 7) is 1.72. The third-order valence-corrected chi connectivity index (χ3v) is 2.53. The summed E-state index contributed by atoms with van der Waals surface area (Å²) >= 11 is 0. The van der Waals surface area contributed by atoms with Crippen LogP contribution in [0, 0.1) is 0 Å². The van der Waals surface area contributed by atoms with E-state index in [4.69, 9.17) is 5.11 Å². The van der Waals surface area contributed by atoms with E-state index in [1.54, 1.807) is 12.4 Å². The molecule has 80 valence electrons. The maximum absolute atomic E-state index is 10.8. The molecule has 0 spiro atoms. The summed E-state index contributed by atoms with van der Waals surface area (Å²) in [5.74, 6) is 0. The molecule has 1 aromatic rings. The molecule has 0 radical (unpaired) electrons. The lowest BCUT2D eigenvalue weighted by molar-refractivity contribution is 0.129. The van der Waals surface area contributed by atoms with Crippen molar-refractivity contribution >= 4 is 6.09 Å². The van der Waals surface area contributed by atoms with Crippen LogP contribution in [0.15, 0.2) is 24.5 Å². The van der Waals surface area contributed by atoms with Crippen molar-refractivity contribution in [2.24, 2.45) is 0 Å². The summed E-state index contributed by atoms with van der Waals surface area (Å²) in [7, 11) is 0. The molecule has 0 bridgehead atoms. The normalized spacial score (nSPS) is 21.3. The number of pyridine rings is 1. The van der Waals surface area contributed by atoms with Crippen LogP contribution in [0.2, 0.25) is 0 Å². The monoisotopic (exact) mass is 207 g/mol. The van der Waals surface area contributed by atoms with Gasteiger partial charge in [-0.3, -0.25) is 4.98 Å². The smallest absolute Gasteiger partial charge is 0.407 e. The summed E-state index contributed by atoms with van der Waals surface area (Å²) in [5, 5.41) is 12.2. The minimum atomic E-state index is -0.856. The van der Waals surface area contributed by atoms with E-state index in [1.165, 1.54) is 4.90 Å². The van der Waals surface area contributed by atoms with Gasteiger partial charge in [0.15, 0.2) is 0 Å².